The van der Waals surface area contributed by atoms with Gasteiger partial charge in [-0.1, -0.05) is 11.8 Å². The first-order chi connectivity index (χ1) is 11.5. The Hall–Kier alpha value is -2.78. The van der Waals surface area contributed by atoms with Crippen LogP contribution < -0.4 is 0 Å². The largest absolute Gasteiger partial charge is 0.463 e. The van der Waals surface area contributed by atoms with Gasteiger partial charge in [0.2, 0.25) is 0 Å². The molecule has 0 saturated carbocycles. The molecule has 1 aliphatic rings. The van der Waals surface area contributed by atoms with Crippen LogP contribution >= 0.6 is 24.0 Å². The molecule has 120 valence electrons. The lowest BCUT2D eigenvalue weighted by molar-refractivity contribution is -0.384. The molecule has 1 amide bonds. The van der Waals surface area contributed by atoms with E-state index < -0.39 is 4.92 Å². The summed E-state index contributed by atoms with van der Waals surface area (Å²) in [7, 11) is 0. The Labute approximate surface area is 145 Å². The van der Waals surface area contributed by atoms with Gasteiger partial charge in [-0.05, 0) is 48.1 Å². The maximum Gasteiger partial charge on any atom is 0.286 e. The third kappa shape index (κ3) is 3.42. The van der Waals surface area contributed by atoms with Crippen molar-refractivity contribution >= 4 is 52.2 Å². The van der Waals surface area contributed by atoms with Gasteiger partial charge in [-0.15, -0.1) is 0 Å². The number of carbonyl (C=O) groups is 1. The summed E-state index contributed by atoms with van der Waals surface area (Å²) in [6.45, 7) is 0. The highest BCUT2D eigenvalue weighted by Gasteiger charge is 2.32. The summed E-state index contributed by atoms with van der Waals surface area (Å²) in [4.78, 5) is 22.9. The maximum atomic E-state index is 12.4. The first kappa shape index (κ1) is 16.1. The Morgan fingerprint density at radius 1 is 1.29 bits per heavy atom. The lowest BCUT2D eigenvalue weighted by atomic mass is 10.2. The second-order valence-electron chi connectivity index (χ2n) is 4.60. The number of benzene rings is 1. The quantitative estimate of drug-likeness (QED) is 0.273. The Morgan fingerprint density at radius 2 is 2.04 bits per heavy atom. The molecular weight excluding hydrogens is 350 g/mol. The topological polar surface area (TPSA) is 89.0 Å². The van der Waals surface area contributed by atoms with E-state index >= 15 is 0 Å². The Kier molecular flexibility index (Phi) is 4.54. The molecule has 0 aliphatic carbocycles. The van der Waals surface area contributed by atoms with Crippen LogP contribution in [0.2, 0.25) is 0 Å². The van der Waals surface area contributed by atoms with Crippen molar-refractivity contribution in [2.75, 3.05) is 0 Å². The molecule has 9 heteroatoms. The highest BCUT2D eigenvalue weighted by Crippen LogP contribution is 2.32. The lowest BCUT2D eigenvalue weighted by Gasteiger charge is -2.05. The van der Waals surface area contributed by atoms with Gasteiger partial charge in [-0.2, -0.15) is 10.1 Å². The highest BCUT2D eigenvalue weighted by molar-refractivity contribution is 8.26. The van der Waals surface area contributed by atoms with E-state index in [1.54, 1.807) is 30.3 Å². The predicted molar refractivity (Wildman–Crippen MR) is 94.4 cm³/mol. The number of thiocarbonyl (C=S) groups is 1. The molecule has 0 bridgehead atoms. The standard InChI is InChI=1S/C15H9N3O4S2/c19-14-13(8-10-3-5-11(6-4-10)18(20)21)24-15(23)17(14)16-9-12-2-1-7-22-12/h1-9H/b13-8+,16-9+. The Balaban J connectivity index is 1.79. The molecule has 0 unspecified atom stereocenters. The van der Waals surface area contributed by atoms with E-state index in [4.69, 9.17) is 16.6 Å². The van der Waals surface area contributed by atoms with Crippen LogP contribution in [0.15, 0.2) is 57.1 Å². The van der Waals surface area contributed by atoms with Crippen LogP contribution in [-0.4, -0.2) is 26.4 Å². The Bertz CT molecular complexity index is 857. The minimum Gasteiger partial charge on any atom is -0.463 e. The Morgan fingerprint density at radius 3 is 2.67 bits per heavy atom. The summed E-state index contributed by atoms with van der Waals surface area (Å²) in [5, 5.41) is 15.8. The molecule has 1 aromatic heterocycles. The fourth-order valence-electron chi connectivity index (χ4n) is 1.88. The van der Waals surface area contributed by atoms with Gasteiger partial charge in [0.25, 0.3) is 11.6 Å². The van der Waals surface area contributed by atoms with Crippen molar-refractivity contribution in [2.45, 2.75) is 0 Å². The number of nitrogens with zero attached hydrogens (tertiary/aromatic N) is 3. The zero-order chi connectivity index (χ0) is 17.1. The van der Waals surface area contributed by atoms with Crippen LogP contribution in [0.3, 0.4) is 0 Å². The molecule has 0 N–H and O–H groups in total. The van der Waals surface area contributed by atoms with Crippen molar-refractivity contribution in [1.82, 2.24) is 5.01 Å². The number of nitro benzene ring substituents is 1. The van der Waals surface area contributed by atoms with Crippen molar-refractivity contribution in [3.63, 3.8) is 0 Å². The van der Waals surface area contributed by atoms with Crippen LogP contribution in [0.25, 0.3) is 6.08 Å². The van der Waals surface area contributed by atoms with Crippen LogP contribution in [0.5, 0.6) is 0 Å². The molecule has 0 spiro atoms. The van der Waals surface area contributed by atoms with Gasteiger partial charge in [0, 0.05) is 12.1 Å². The number of carbonyl (C=O) groups excluding carboxylic acids is 1. The maximum absolute atomic E-state index is 12.4. The van der Waals surface area contributed by atoms with Crippen molar-refractivity contribution in [3.8, 4) is 0 Å². The predicted octanol–water partition coefficient (Wildman–Crippen LogP) is 3.42. The van der Waals surface area contributed by atoms with E-state index in [0.717, 1.165) is 16.8 Å². The lowest BCUT2D eigenvalue weighted by Crippen LogP contribution is -2.22. The third-order valence-electron chi connectivity index (χ3n) is 3.02. The molecule has 24 heavy (non-hydrogen) atoms. The molecule has 1 fully saturated rings. The number of amides is 1. The number of hydrogen-bond donors (Lipinski definition) is 0. The van der Waals surface area contributed by atoms with E-state index in [1.165, 1.54) is 24.6 Å². The third-order valence-corrected chi connectivity index (χ3v) is 4.30. The molecule has 2 heterocycles. The molecule has 7 nitrogen and oxygen atoms in total. The van der Waals surface area contributed by atoms with Crippen molar-refractivity contribution in [1.29, 1.82) is 0 Å². The summed E-state index contributed by atoms with van der Waals surface area (Å²) < 4.78 is 5.41. The number of thioether (sulfide) groups is 1. The van der Waals surface area contributed by atoms with Gasteiger partial charge in [0.15, 0.2) is 4.32 Å². The molecule has 2 aromatic rings. The average Bonchev–Trinajstić information content (AvgIpc) is 3.16. The number of hydrogen-bond acceptors (Lipinski definition) is 7. The molecular formula is C15H9N3O4S2. The van der Waals surface area contributed by atoms with Crippen LogP contribution in [-0.2, 0) is 4.79 Å². The van der Waals surface area contributed by atoms with Gasteiger partial charge < -0.3 is 4.42 Å². The average molecular weight is 359 g/mol. The first-order valence-electron chi connectivity index (χ1n) is 6.64. The molecule has 0 atom stereocenters. The summed E-state index contributed by atoms with van der Waals surface area (Å²) in [5.41, 5.74) is 0.652. The summed E-state index contributed by atoms with van der Waals surface area (Å²) >= 11 is 6.27. The number of rotatable bonds is 4. The summed E-state index contributed by atoms with van der Waals surface area (Å²) in [6, 6.07) is 9.30. The number of furan rings is 1. The zero-order valence-electron chi connectivity index (χ0n) is 12.0. The highest BCUT2D eigenvalue weighted by atomic mass is 32.2. The van der Waals surface area contributed by atoms with Gasteiger partial charge in [-0.3, -0.25) is 14.9 Å². The normalized spacial score (nSPS) is 16.5. The van der Waals surface area contributed by atoms with E-state index in [0.29, 0.717) is 20.5 Å². The minimum absolute atomic E-state index is 0.0113. The smallest absolute Gasteiger partial charge is 0.286 e. The van der Waals surface area contributed by atoms with Crippen molar-refractivity contribution in [2.24, 2.45) is 5.10 Å². The monoisotopic (exact) mass is 359 g/mol. The van der Waals surface area contributed by atoms with Crippen LogP contribution in [0.1, 0.15) is 11.3 Å². The fourth-order valence-corrected chi connectivity index (χ4v) is 3.05. The number of non-ortho nitro benzene ring substituents is 1. The SMILES string of the molecule is O=C1/C(=C\c2ccc([N+](=O)[O-])cc2)SC(=S)N1/N=C/c1ccco1. The van der Waals surface area contributed by atoms with E-state index in [9.17, 15) is 14.9 Å². The number of hydrazone groups is 1. The molecule has 3 rings (SSSR count). The fraction of sp³-hybridized carbons (Fsp3) is 0. The first-order valence-corrected chi connectivity index (χ1v) is 7.87. The molecule has 1 saturated heterocycles. The second kappa shape index (κ2) is 6.77. The van der Waals surface area contributed by atoms with Crippen molar-refractivity contribution in [3.05, 3.63) is 69.0 Å². The van der Waals surface area contributed by atoms with Gasteiger partial charge in [0.05, 0.1) is 22.3 Å². The van der Waals surface area contributed by atoms with E-state index in [-0.39, 0.29) is 11.6 Å². The summed E-state index contributed by atoms with van der Waals surface area (Å²) in [5.74, 6) is 0.148. The van der Waals surface area contributed by atoms with Crippen LogP contribution in [0, 0.1) is 10.1 Å². The second-order valence-corrected chi connectivity index (χ2v) is 6.28. The molecule has 1 aromatic carbocycles. The van der Waals surface area contributed by atoms with Gasteiger partial charge >= 0.3 is 0 Å². The minimum atomic E-state index is -0.480. The zero-order valence-corrected chi connectivity index (χ0v) is 13.6. The van der Waals surface area contributed by atoms with E-state index in [2.05, 4.69) is 5.10 Å². The molecule has 1 aliphatic heterocycles. The number of nitro groups is 1. The van der Waals surface area contributed by atoms with Crippen LogP contribution in [0.4, 0.5) is 5.69 Å². The van der Waals surface area contributed by atoms with Gasteiger partial charge in [0.1, 0.15) is 5.76 Å². The molecule has 0 radical (unpaired) electrons. The van der Waals surface area contributed by atoms with Gasteiger partial charge in [-0.25, -0.2) is 0 Å². The van der Waals surface area contributed by atoms with Crippen molar-refractivity contribution < 1.29 is 14.1 Å². The van der Waals surface area contributed by atoms with E-state index in [1.807, 2.05) is 0 Å². The summed E-state index contributed by atoms with van der Waals surface area (Å²) in [6.07, 6.45) is 4.52.